The second kappa shape index (κ2) is 6.76. The largest absolute Gasteiger partial charge is 0.348 e. The summed E-state index contributed by atoms with van der Waals surface area (Å²) in [4.78, 5) is 25.0. The second-order valence-corrected chi connectivity index (χ2v) is 8.57. The number of aryl methyl sites for hydroxylation is 1. The van der Waals surface area contributed by atoms with Crippen LogP contribution in [0.4, 0.5) is 0 Å². The van der Waals surface area contributed by atoms with E-state index in [2.05, 4.69) is 5.32 Å². The monoisotopic (exact) mass is 394 g/mol. The number of benzene rings is 2. The summed E-state index contributed by atoms with van der Waals surface area (Å²) >= 11 is 0. The molecule has 0 unspecified atom stereocenters. The van der Waals surface area contributed by atoms with Gasteiger partial charge in [0.25, 0.3) is 15.9 Å². The summed E-state index contributed by atoms with van der Waals surface area (Å²) in [6.07, 6.45) is 1.29. The third-order valence-electron chi connectivity index (χ3n) is 4.78. The topological polar surface area (TPSA) is 85.2 Å². The Labute approximate surface area is 162 Å². The fourth-order valence-electron chi connectivity index (χ4n) is 3.26. The maximum absolute atomic E-state index is 12.9. The highest BCUT2D eigenvalue weighted by Crippen LogP contribution is 2.27. The molecule has 1 aliphatic rings. The number of fused-ring (bicyclic) bond motifs is 2. The predicted octanol–water partition coefficient (Wildman–Crippen LogP) is 2.70. The molecule has 6 nitrogen and oxygen atoms in total. The van der Waals surface area contributed by atoms with E-state index < -0.39 is 10.0 Å². The van der Waals surface area contributed by atoms with Gasteiger partial charge in [0.1, 0.15) is 5.69 Å². The van der Waals surface area contributed by atoms with Crippen LogP contribution in [0.1, 0.15) is 37.5 Å². The van der Waals surface area contributed by atoms with Crippen LogP contribution in [0.15, 0.2) is 65.7 Å². The number of nitrogens with zero attached hydrogens (tertiary/aromatic N) is 1. The van der Waals surface area contributed by atoms with Crippen molar-refractivity contribution in [2.75, 3.05) is 0 Å². The molecule has 1 aliphatic heterocycles. The van der Waals surface area contributed by atoms with E-state index in [9.17, 15) is 18.0 Å². The Kier molecular flexibility index (Phi) is 4.39. The fraction of sp³-hybridized carbons (Fsp3) is 0.143. The Bertz CT molecular complexity index is 1190. The first-order valence-corrected chi connectivity index (χ1v) is 10.2. The summed E-state index contributed by atoms with van der Waals surface area (Å²) < 4.78 is 26.7. The summed E-state index contributed by atoms with van der Waals surface area (Å²) in [6, 6.07) is 15.2. The van der Waals surface area contributed by atoms with Crippen molar-refractivity contribution in [3.63, 3.8) is 0 Å². The third kappa shape index (κ3) is 3.14. The molecule has 0 atom stereocenters. The van der Waals surface area contributed by atoms with E-state index in [0.717, 1.165) is 15.1 Å². The van der Waals surface area contributed by atoms with E-state index in [0.29, 0.717) is 17.7 Å². The van der Waals surface area contributed by atoms with Gasteiger partial charge in [-0.25, -0.2) is 12.4 Å². The lowest BCUT2D eigenvalue weighted by atomic mass is 10.0. The third-order valence-corrected chi connectivity index (χ3v) is 6.57. The number of hydrogen-bond acceptors (Lipinski definition) is 4. The quantitative estimate of drug-likeness (QED) is 0.740. The molecule has 0 fully saturated rings. The number of hydrogen-bond donors (Lipinski definition) is 1. The number of ketones is 1. The number of carbonyl (C=O) groups is 2. The van der Waals surface area contributed by atoms with Crippen LogP contribution in [0, 0.1) is 6.92 Å². The average Bonchev–Trinajstić information content (AvgIpc) is 3.15. The van der Waals surface area contributed by atoms with Crippen LogP contribution in [0.3, 0.4) is 0 Å². The van der Waals surface area contributed by atoms with Gasteiger partial charge in [-0.05, 0) is 48.4 Å². The molecule has 0 spiro atoms. The summed E-state index contributed by atoms with van der Waals surface area (Å²) in [5.74, 6) is -0.624. The Morgan fingerprint density at radius 2 is 1.86 bits per heavy atom. The molecule has 0 bridgehead atoms. The van der Waals surface area contributed by atoms with Crippen LogP contribution in [0.5, 0.6) is 0 Å². The molecule has 0 saturated carbocycles. The van der Waals surface area contributed by atoms with Gasteiger partial charge in [-0.1, -0.05) is 29.8 Å². The first-order chi connectivity index (χ1) is 13.4. The molecule has 1 amide bonds. The Morgan fingerprint density at radius 1 is 1.11 bits per heavy atom. The number of nitrogens with one attached hydrogen (secondary N) is 1. The molecule has 0 saturated heterocycles. The zero-order valence-electron chi connectivity index (χ0n) is 15.2. The van der Waals surface area contributed by atoms with Gasteiger partial charge < -0.3 is 5.32 Å². The molecule has 0 radical (unpaired) electrons. The average molecular weight is 394 g/mol. The predicted molar refractivity (Wildman–Crippen MR) is 104 cm³/mol. The van der Waals surface area contributed by atoms with E-state index in [1.54, 1.807) is 0 Å². The first kappa shape index (κ1) is 18.2. The lowest BCUT2D eigenvalue weighted by Gasteiger charge is -2.10. The number of amides is 1. The zero-order valence-corrected chi connectivity index (χ0v) is 16.0. The van der Waals surface area contributed by atoms with E-state index in [1.807, 2.05) is 31.2 Å². The van der Waals surface area contributed by atoms with Crippen molar-refractivity contribution >= 4 is 21.7 Å². The molecule has 2 heterocycles. The maximum atomic E-state index is 12.9. The first-order valence-electron chi connectivity index (χ1n) is 8.79. The highest BCUT2D eigenvalue weighted by atomic mass is 32.2. The highest BCUT2D eigenvalue weighted by molar-refractivity contribution is 7.90. The zero-order chi connectivity index (χ0) is 19.9. The minimum atomic E-state index is -3.87. The van der Waals surface area contributed by atoms with E-state index >= 15 is 0 Å². The smallest absolute Gasteiger partial charge is 0.268 e. The summed E-state index contributed by atoms with van der Waals surface area (Å²) in [7, 11) is -3.87. The van der Waals surface area contributed by atoms with E-state index in [4.69, 9.17) is 0 Å². The number of Topliss-reactive ketones (excluding diaryl/α,β-unsaturated/α-hetero) is 1. The van der Waals surface area contributed by atoms with Crippen LogP contribution < -0.4 is 5.32 Å². The molecule has 3 aromatic rings. The van der Waals surface area contributed by atoms with E-state index in [-0.39, 0.29) is 28.7 Å². The Hall–Kier alpha value is -3.19. The highest BCUT2D eigenvalue weighted by Gasteiger charge is 2.30. The molecular formula is C21H18N2O4S. The summed E-state index contributed by atoms with van der Waals surface area (Å²) in [6.45, 7) is 2.35. The van der Waals surface area contributed by atoms with Gasteiger partial charge in [-0.2, -0.15) is 0 Å². The van der Waals surface area contributed by atoms with Crippen LogP contribution in [0.2, 0.25) is 0 Å². The summed E-state index contributed by atoms with van der Waals surface area (Å²) in [5, 5.41) is 2.82. The molecule has 0 aliphatic carbocycles. The molecule has 4 rings (SSSR count). The molecular weight excluding hydrogens is 376 g/mol. The molecule has 7 heteroatoms. The van der Waals surface area contributed by atoms with Gasteiger partial charge in [0.2, 0.25) is 0 Å². The molecule has 2 aromatic carbocycles. The summed E-state index contributed by atoms with van der Waals surface area (Å²) in [5.41, 5.74) is 2.88. The SMILES string of the molecule is Cc1ccc(CNC(=O)c2ccc3c(c2)CC(=O)c2cccn2S3(=O)=O)cc1. The number of aromatic nitrogens is 1. The molecule has 28 heavy (non-hydrogen) atoms. The second-order valence-electron chi connectivity index (χ2n) is 6.79. The van der Waals surface area contributed by atoms with Gasteiger partial charge in [0.05, 0.1) is 4.90 Å². The lowest BCUT2D eigenvalue weighted by molar-refractivity contribution is 0.0947. The molecule has 142 valence electrons. The fourth-order valence-corrected chi connectivity index (χ4v) is 4.83. The maximum Gasteiger partial charge on any atom is 0.268 e. The standard InChI is InChI=1S/C21H18N2O4S/c1-14-4-6-15(7-5-14)13-22-21(25)16-8-9-20-17(11-16)12-19(24)18-3-2-10-23(18)28(20,26)27/h2-11H,12-13H2,1H3,(H,22,25). The van der Waals surface area contributed by atoms with Crippen molar-refractivity contribution in [2.45, 2.75) is 24.8 Å². The van der Waals surface area contributed by atoms with Crippen molar-refractivity contribution in [1.82, 2.24) is 9.29 Å². The minimum Gasteiger partial charge on any atom is -0.348 e. The van der Waals surface area contributed by atoms with Gasteiger partial charge >= 0.3 is 0 Å². The van der Waals surface area contributed by atoms with Crippen molar-refractivity contribution in [3.8, 4) is 0 Å². The number of carbonyl (C=O) groups excluding carboxylic acids is 2. The molecule has 1 N–H and O–H groups in total. The van der Waals surface area contributed by atoms with Crippen LogP contribution in [0.25, 0.3) is 0 Å². The van der Waals surface area contributed by atoms with Crippen molar-refractivity contribution in [2.24, 2.45) is 0 Å². The normalized spacial score (nSPS) is 14.7. The Balaban J connectivity index is 1.62. The Morgan fingerprint density at radius 3 is 2.61 bits per heavy atom. The van der Waals surface area contributed by atoms with Crippen LogP contribution in [-0.4, -0.2) is 24.1 Å². The van der Waals surface area contributed by atoms with Gasteiger partial charge in [0.15, 0.2) is 5.78 Å². The van der Waals surface area contributed by atoms with Crippen molar-refractivity contribution in [1.29, 1.82) is 0 Å². The van der Waals surface area contributed by atoms with Crippen molar-refractivity contribution < 1.29 is 18.0 Å². The molecule has 1 aromatic heterocycles. The minimum absolute atomic E-state index is 0.0471. The van der Waals surface area contributed by atoms with Crippen LogP contribution in [-0.2, 0) is 23.0 Å². The van der Waals surface area contributed by atoms with Crippen molar-refractivity contribution in [3.05, 3.63) is 88.7 Å². The van der Waals surface area contributed by atoms with Gasteiger partial charge in [-0.3, -0.25) is 9.59 Å². The van der Waals surface area contributed by atoms with E-state index in [1.165, 1.54) is 36.5 Å². The number of rotatable bonds is 3. The lowest BCUT2D eigenvalue weighted by Crippen LogP contribution is -2.23. The van der Waals surface area contributed by atoms with Gasteiger partial charge in [-0.15, -0.1) is 0 Å². The van der Waals surface area contributed by atoms with Crippen LogP contribution >= 0.6 is 0 Å². The van der Waals surface area contributed by atoms with Gasteiger partial charge in [0, 0.05) is 24.7 Å².